The largest absolute Gasteiger partial charge is 0.497 e. The number of hydrogen-bond acceptors (Lipinski definition) is 3. The maximum Gasteiger partial charge on any atom is 0.253 e. The Bertz CT molecular complexity index is 686. The number of likely N-dealkylation sites (tertiary alicyclic amines) is 1. The fourth-order valence-electron chi connectivity index (χ4n) is 3.07. The van der Waals surface area contributed by atoms with Gasteiger partial charge in [-0.3, -0.25) is 4.79 Å². The minimum Gasteiger partial charge on any atom is -0.497 e. The van der Waals surface area contributed by atoms with Crippen molar-refractivity contribution in [3.05, 3.63) is 59.7 Å². The summed E-state index contributed by atoms with van der Waals surface area (Å²) in [7, 11) is 1.63. The number of methoxy groups -OCH3 is 1. The normalized spacial score (nSPS) is 15.0. The summed E-state index contributed by atoms with van der Waals surface area (Å²) in [4.78, 5) is 14.5. The molecule has 1 aliphatic heterocycles. The number of carbonyl (C=O) groups excluding carboxylic acids is 1. The van der Waals surface area contributed by atoms with Gasteiger partial charge in [-0.25, -0.2) is 0 Å². The van der Waals surface area contributed by atoms with Gasteiger partial charge in [-0.1, -0.05) is 17.7 Å². The number of amides is 1. The topological polar surface area (TPSA) is 38.8 Å². The Morgan fingerprint density at radius 1 is 1.00 bits per heavy atom. The highest BCUT2D eigenvalue weighted by atomic mass is 16.5. The van der Waals surface area contributed by atoms with E-state index >= 15 is 0 Å². The minimum atomic E-state index is 0.0977. The van der Waals surface area contributed by atoms with Crippen molar-refractivity contribution in [1.82, 2.24) is 4.90 Å². The predicted octanol–water partition coefficient (Wildman–Crippen LogP) is 3.93. The van der Waals surface area contributed by atoms with Crippen LogP contribution in [0, 0.1) is 12.8 Å². The van der Waals surface area contributed by atoms with Gasteiger partial charge in [0, 0.05) is 18.7 Å². The van der Waals surface area contributed by atoms with E-state index in [1.54, 1.807) is 7.11 Å². The maximum atomic E-state index is 12.6. The molecular weight excluding hydrogens is 314 g/mol. The van der Waals surface area contributed by atoms with Gasteiger partial charge in [0.1, 0.15) is 11.5 Å². The van der Waals surface area contributed by atoms with E-state index in [4.69, 9.17) is 9.47 Å². The van der Waals surface area contributed by atoms with Gasteiger partial charge in [0.2, 0.25) is 0 Å². The van der Waals surface area contributed by atoms with Crippen molar-refractivity contribution in [2.75, 3.05) is 26.8 Å². The highest BCUT2D eigenvalue weighted by Gasteiger charge is 2.24. The smallest absolute Gasteiger partial charge is 0.253 e. The van der Waals surface area contributed by atoms with E-state index in [-0.39, 0.29) is 5.91 Å². The van der Waals surface area contributed by atoms with Gasteiger partial charge in [0.15, 0.2) is 0 Å². The Labute approximate surface area is 149 Å². The molecule has 0 radical (unpaired) electrons. The van der Waals surface area contributed by atoms with Crippen molar-refractivity contribution >= 4 is 5.91 Å². The lowest BCUT2D eigenvalue weighted by Gasteiger charge is -2.32. The van der Waals surface area contributed by atoms with Crippen molar-refractivity contribution < 1.29 is 14.3 Å². The first-order valence-corrected chi connectivity index (χ1v) is 8.78. The third-order valence-electron chi connectivity index (χ3n) is 4.75. The van der Waals surface area contributed by atoms with Crippen molar-refractivity contribution in [1.29, 1.82) is 0 Å². The van der Waals surface area contributed by atoms with Crippen LogP contribution in [0.3, 0.4) is 0 Å². The van der Waals surface area contributed by atoms with Gasteiger partial charge in [-0.15, -0.1) is 0 Å². The quantitative estimate of drug-likeness (QED) is 0.828. The second-order valence-electron chi connectivity index (χ2n) is 6.59. The number of rotatable bonds is 5. The molecule has 2 aromatic rings. The molecule has 0 atom stereocenters. The van der Waals surface area contributed by atoms with E-state index in [0.717, 1.165) is 43.0 Å². The molecule has 1 fully saturated rings. The van der Waals surface area contributed by atoms with E-state index < -0.39 is 0 Å². The number of ether oxygens (including phenoxy) is 2. The Balaban J connectivity index is 1.47. The fourth-order valence-corrected chi connectivity index (χ4v) is 3.07. The van der Waals surface area contributed by atoms with Crippen molar-refractivity contribution in [3.63, 3.8) is 0 Å². The molecule has 1 saturated heterocycles. The van der Waals surface area contributed by atoms with E-state index in [0.29, 0.717) is 12.5 Å². The molecule has 1 aliphatic rings. The summed E-state index contributed by atoms with van der Waals surface area (Å²) >= 11 is 0. The Morgan fingerprint density at radius 2 is 1.60 bits per heavy atom. The lowest BCUT2D eigenvalue weighted by molar-refractivity contribution is 0.0661. The molecule has 0 aromatic heterocycles. The number of aryl methyl sites for hydroxylation is 1. The summed E-state index contributed by atoms with van der Waals surface area (Å²) in [5, 5.41) is 0. The number of nitrogens with zero attached hydrogens (tertiary/aromatic N) is 1. The van der Waals surface area contributed by atoms with E-state index in [2.05, 4.69) is 19.1 Å². The molecule has 0 saturated carbocycles. The first kappa shape index (κ1) is 17.3. The third kappa shape index (κ3) is 4.53. The SMILES string of the molecule is COc1ccc(C(=O)N2CCC(COc3ccc(C)cc3)CC2)cc1. The Morgan fingerprint density at radius 3 is 2.20 bits per heavy atom. The van der Waals surface area contributed by atoms with Gasteiger partial charge in [0.05, 0.1) is 13.7 Å². The number of benzene rings is 2. The molecule has 1 heterocycles. The van der Waals surface area contributed by atoms with Crippen LogP contribution in [0.25, 0.3) is 0 Å². The molecule has 4 heteroatoms. The van der Waals surface area contributed by atoms with Crippen LogP contribution in [0.4, 0.5) is 0 Å². The summed E-state index contributed by atoms with van der Waals surface area (Å²) in [6, 6.07) is 15.5. The molecule has 4 nitrogen and oxygen atoms in total. The lowest BCUT2D eigenvalue weighted by atomic mass is 9.97. The van der Waals surface area contributed by atoms with Crippen molar-refractivity contribution in [2.45, 2.75) is 19.8 Å². The number of carbonyl (C=O) groups is 1. The lowest BCUT2D eigenvalue weighted by Crippen LogP contribution is -2.39. The Hall–Kier alpha value is -2.49. The second-order valence-corrected chi connectivity index (χ2v) is 6.59. The first-order chi connectivity index (χ1) is 12.2. The highest BCUT2D eigenvalue weighted by molar-refractivity contribution is 5.94. The molecule has 0 bridgehead atoms. The molecule has 0 unspecified atom stereocenters. The Kier molecular flexibility index (Phi) is 5.59. The third-order valence-corrected chi connectivity index (χ3v) is 4.75. The fraction of sp³-hybridized carbons (Fsp3) is 0.381. The van der Waals surface area contributed by atoms with Crippen LogP contribution in [0.2, 0.25) is 0 Å². The van der Waals surface area contributed by atoms with Crippen LogP contribution in [-0.2, 0) is 0 Å². The van der Waals surface area contributed by atoms with Crippen molar-refractivity contribution in [3.8, 4) is 11.5 Å². The number of hydrogen-bond donors (Lipinski definition) is 0. The molecule has 2 aromatic carbocycles. The summed E-state index contributed by atoms with van der Waals surface area (Å²) in [5.74, 6) is 2.28. The van der Waals surface area contributed by atoms with Crippen LogP contribution in [0.5, 0.6) is 11.5 Å². The summed E-state index contributed by atoms with van der Waals surface area (Å²) in [5.41, 5.74) is 1.95. The van der Waals surface area contributed by atoms with E-state index in [1.807, 2.05) is 41.3 Å². The minimum absolute atomic E-state index is 0.0977. The van der Waals surface area contributed by atoms with Gasteiger partial charge in [-0.2, -0.15) is 0 Å². The molecule has 3 rings (SSSR count). The van der Waals surface area contributed by atoms with E-state index in [9.17, 15) is 4.79 Å². The average Bonchev–Trinajstić information content (AvgIpc) is 2.67. The summed E-state index contributed by atoms with van der Waals surface area (Å²) in [6.07, 6.45) is 1.96. The standard InChI is InChI=1S/C21H25NO3/c1-16-3-7-20(8-4-16)25-15-17-11-13-22(14-12-17)21(23)18-5-9-19(24-2)10-6-18/h3-10,17H,11-15H2,1-2H3. The molecule has 1 amide bonds. The average molecular weight is 339 g/mol. The first-order valence-electron chi connectivity index (χ1n) is 8.78. The monoisotopic (exact) mass is 339 g/mol. The predicted molar refractivity (Wildman–Crippen MR) is 98.3 cm³/mol. The second kappa shape index (κ2) is 8.06. The molecular formula is C21H25NO3. The zero-order valence-electron chi connectivity index (χ0n) is 14.9. The zero-order valence-corrected chi connectivity index (χ0v) is 14.9. The summed E-state index contributed by atoms with van der Waals surface area (Å²) in [6.45, 7) is 4.35. The van der Waals surface area contributed by atoms with Crippen LogP contribution in [-0.4, -0.2) is 37.6 Å². The van der Waals surface area contributed by atoms with Gasteiger partial charge in [0.25, 0.3) is 5.91 Å². The van der Waals surface area contributed by atoms with Crippen LogP contribution in [0.15, 0.2) is 48.5 Å². The van der Waals surface area contributed by atoms with Crippen LogP contribution >= 0.6 is 0 Å². The molecule has 0 aliphatic carbocycles. The number of piperidine rings is 1. The highest BCUT2D eigenvalue weighted by Crippen LogP contribution is 2.22. The van der Waals surface area contributed by atoms with Crippen molar-refractivity contribution in [2.24, 2.45) is 5.92 Å². The van der Waals surface area contributed by atoms with E-state index in [1.165, 1.54) is 5.56 Å². The molecule has 132 valence electrons. The summed E-state index contributed by atoms with van der Waals surface area (Å²) < 4.78 is 11.0. The van der Waals surface area contributed by atoms with Crippen LogP contribution in [0.1, 0.15) is 28.8 Å². The molecule has 25 heavy (non-hydrogen) atoms. The van der Waals surface area contributed by atoms with Gasteiger partial charge < -0.3 is 14.4 Å². The molecule has 0 N–H and O–H groups in total. The van der Waals surface area contributed by atoms with Gasteiger partial charge in [-0.05, 0) is 62.1 Å². The zero-order chi connectivity index (χ0) is 17.6. The maximum absolute atomic E-state index is 12.6. The molecule has 0 spiro atoms. The van der Waals surface area contributed by atoms with Crippen LogP contribution < -0.4 is 9.47 Å². The van der Waals surface area contributed by atoms with Gasteiger partial charge >= 0.3 is 0 Å².